The average molecular weight is 306 g/mol. The van der Waals surface area contributed by atoms with Gasteiger partial charge in [-0.15, -0.1) is 0 Å². The lowest BCUT2D eigenvalue weighted by molar-refractivity contribution is -0.121. The van der Waals surface area contributed by atoms with Crippen molar-refractivity contribution in [1.29, 1.82) is 0 Å². The van der Waals surface area contributed by atoms with Crippen molar-refractivity contribution in [3.63, 3.8) is 0 Å². The number of amides is 1. The second-order valence-corrected chi connectivity index (χ2v) is 5.41. The van der Waals surface area contributed by atoms with Crippen LogP contribution in [0.5, 0.6) is 0 Å². The van der Waals surface area contributed by atoms with Gasteiger partial charge in [0.05, 0.1) is 18.2 Å². The lowest BCUT2D eigenvalue weighted by Crippen LogP contribution is -2.29. The molecule has 0 spiro atoms. The predicted octanol–water partition coefficient (Wildman–Crippen LogP) is 3.43. The monoisotopic (exact) mass is 306 g/mol. The number of aryl methyl sites for hydroxylation is 1. The van der Waals surface area contributed by atoms with Gasteiger partial charge in [-0.1, -0.05) is 65.8 Å². The van der Waals surface area contributed by atoms with Gasteiger partial charge in [0.15, 0.2) is 5.76 Å². The maximum absolute atomic E-state index is 12.8. The Morgan fingerprint density at radius 1 is 1.04 bits per heavy atom. The van der Waals surface area contributed by atoms with Gasteiger partial charge in [0.2, 0.25) is 5.91 Å². The summed E-state index contributed by atoms with van der Waals surface area (Å²) in [6.07, 6.45) is 0. The van der Waals surface area contributed by atoms with Gasteiger partial charge in [-0.05, 0) is 18.1 Å². The van der Waals surface area contributed by atoms with Crippen molar-refractivity contribution in [1.82, 2.24) is 10.5 Å². The highest BCUT2D eigenvalue weighted by molar-refractivity contribution is 5.87. The van der Waals surface area contributed by atoms with Crippen LogP contribution in [-0.4, -0.2) is 11.1 Å². The highest BCUT2D eigenvalue weighted by Gasteiger charge is 2.22. The molecule has 0 saturated heterocycles. The third-order valence-corrected chi connectivity index (χ3v) is 3.64. The number of nitrogens with one attached hydrogen (secondary N) is 1. The number of nitrogens with zero attached hydrogens (tertiary/aromatic N) is 1. The molecule has 23 heavy (non-hydrogen) atoms. The van der Waals surface area contributed by atoms with E-state index in [0.29, 0.717) is 12.3 Å². The van der Waals surface area contributed by atoms with Crippen molar-refractivity contribution in [3.05, 3.63) is 89.3 Å². The van der Waals surface area contributed by atoms with Gasteiger partial charge in [0.1, 0.15) is 0 Å². The predicted molar refractivity (Wildman–Crippen MR) is 87.8 cm³/mol. The summed E-state index contributed by atoms with van der Waals surface area (Å²) in [5.41, 5.74) is 2.73. The molecule has 1 N–H and O–H groups in total. The van der Waals surface area contributed by atoms with Gasteiger partial charge < -0.3 is 9.84 Å². The average Bonchev–Trinajstić information content (AvgIpc) is 3.01. The molecule has 0 fully saturated rings. The Morgan fingerprint density at radius 2 is 1.61 bits per heavy atom. The molecule has 1 heterocycles. The molecule has 0 aliphatic heterocycles. The van der Waals surface area contributed by atoms with Crippen LogP contribution in [0.1, 0.15) is 28.5 Å². The number of carbonyl (C=O) groups excluding carboxylic acids is 1. The second kappa shape index (κ2) is 6.92. The van der Waals surface area contributed by atoms with Gasteiger partial charge >= 0.3 is 0 Å². The number of aromatic nitrogens is 1. The molecule has 4 heteroatoms. The molecule has 1 amide bonds. The number of rotatable bonds is 5. The lowest BCUT2D eigenvalue weighted by Gasteiger charge is -2.17. The molecule has 116 valence electrons. The molecule has 3 aromatic rings. The molecule has 2 aromatic carbocycles. The van der Waals surface area contributed by atoms with Crippen LogP contribution in [-0.2, 0) is 11.3 Å². The molecule has 0 saturated carbocycles. The highest BCUT2D eigenvalue weighted by atomic mass is 16.5. The highest BCUT2D eigenvalue weighted by Crippen LogP contribution is 2.24. The Hall–Kier alpha value is -2.88. The topological polar surface area (TPSA) is 55.1 Å². The fourth-order valence-corrected chi connectivity index (χ4v) is 2.56. The third-order valence-electron chi connectivity index (χ3n) is 3.64. The van der Waals surface area contributed by atoms with Crippen molar-refractivity contribution in [2.24, 2.45) is 0 Å². The van der Waals surface area contributed by atoms with E-state index in [2.05, 4.69) is 10.5 Å². The van der Waals surface area contributed by atoms with Crippen molar-refractivity contribution >= 4 is 5.91 Å². The molecule has 0 radical (unpaired) electrons. The molecule has 3 rings (SSSR count). The normalized spacial score (nSPS) is 10.7. The summed E-state index contributed by atoms with van der Waals surface area (Å²) in [4.78, 5) is 12.8. The summed E-state index contributed by atoms with van der Waals surface area (Å²) in [6.45, 7) is 2.18. The minimum Gasteiger partial charge on any atom is -0.359 e. The number of carbonyl (C=O) groups is 1. The van der Waals surface area contributed by atoms with E-state index in [1.54, 1.807) is 0 Å². The number of benzene rings is 2. The van der Waals surface area contributed by atoms with Gasteiger partial charge in [-0.3, -0.25) is 4.79 Å². The van der Waals surface area contributed by atoms with Crippen LogP contribution in [0, 0.1) is 6.92 Å². The fourth-order valence-electron chi connectivity index (χ4n) is 2.56. The Labute approximate surface area is 135 Å². The van der Waals surface area contributed by atoms with E-state index in [9.17, 15) is 4.79 Å². The molecule has 0 aliphatic carbocycles. The summed E-state index contributed by atoms with van der Waals surface area (Å²) in [7, 11) is 0. The minimum absolute atomic E-state index is 0.0588. The first-order valence-corrected chi connectivity index (χ1v) is 7.54. The molecule has 0 aliphatic rings. The number of hydrogen-bond acceptors (Lipinski definition) is 3. The Kier molecular flexibility index (Phi) is 4.52. The van der Waals surface area contributed by atoms with Gasteiger partial charge in [0, 0.05) is 6.07 Å². The largest absolute Gasteiger partial charge is 0.359 e. The Bertz CT molecular complexity index is 727. The molecule has 4 nitrogen and oxygen atoms in total. The maximum atomic E-state index is 12.8. The first kappa shape index (κ1) is 15.0. The molecular weight excluding hydrogens is 288 g/mol. The van der Waals surface area contributed by atoms with E-state index in [-0.39, 0.29) is 11.8 Å². The smallest absolute Gasteiger partial charge is 0.232 e. The first-order chi connectivity index (χ1) is 11.2. The summed E-state index contributed by atoms with van der Waals surface area (Å²) in [6, 6.07) is 21.4. The second-order valence-electron chi connectivity index (χ2n) is 5.41. The molecule has 1 aromatic heterocycles. The van der Waals surface area contributed by atoms with Crippen LogP contribution >= 0.6 is 0 Å². The zero-order valence-corrected chi connectivity index (χ0v) is 12.9. The SMILES string of the molecule is Cc1cc(CNC(=O)C(c2ccccc2)c2ccccc2)on1. The summed E-state index contributed by atoms with van der Waals surface area (Å²) in [5.74, 6) is 0.244. The zero-order chi connectivity index (χ0) is 16.1. The van der Waals surface area contributed by atoms with E-state index in [0.717, 1.165) is 16.8 Å². The standard InChI is InChI=1S/C19H18N2O2/c1-14-12-17(23-21-14)13-20-19(22)18(15-8-4-2-5-9-15)16-10-6-3-7-11-16/h2-12,18H,13H2,1H3,(H,20,22). The van der Waals surface area contributed by atoms with Crippen LogP contribution in [0.2, 0.25) is 0 Å². The third kappa shape index (κ3) is 3.66. The van der Waals surface area contributed by atoms with Crippen molar-refractivity contribution < 1.29 is 9.32 Å². The van der Waals surface area contributed by atoms with Crippen LogP contribution < -0.4 is 5.32 Å². The van der Waals surface area contributed by atoms with Gasteiger partial charge in [0.25, 0.3) is 0 Å². The van der Waals surface area contributed by atoms with E-state index >= 15 is 0 Å². The van der Waals surface area contributed by atoms with Crippen molar-refractivity contribution in [3.8, 4) is 0 Å². The molecular formula is C19H18N2O2. The van der Waals surface area contributed by atoms with E-state index < -0.39 is 0 Å². The Balaban J connectivity index is 1.82. The van der Waals surface area contributed by atoms with E-state index in [1.807, 2.05) is 73.7 Å². The van der Waals surface area contributed by atoms with E-state index in [4.69, 9.17) is 4.52 Å². The van der Waals surface area contributed by atoms with Crippen LogP contribution in [0.3, 0.4) is 0 Å². The molecule has 0 bridgehead atoms. The fraction of sp³-hybridized carbons (Fsp3) is 0.158. The van der Waals surface area contributed by atoms with Gasteiger partial charge in [-0.25, -0.2) is 0 Å². The van der Waals surface area contributed by atoms with E-state index in [1.165, 1.54) is 0 Å². The van der Waals surface area contributed by atoms with Crippen LogP contribution in [0.4, 0.5) is 0 Å². The summed E-state index contributed by atoms with van der Waals surface area (Å²) in [5, 5.41) is 6.77. The summed E-state index contributed by atoms with van der Waals surface area (Å²) >= 11 is 0. The van der Waals surface area contributed by atoms with Crippen molar-refractivity contribution in [2.75, 3.05) is 0 Å². The first-order valence-electron chi connectivity index (χ1n) is 7.54. The van der Waals surface area contributed by atoms with Crippen molar-refractivity contribution in [2.45, 2.75) is 19.4 Å². The minimum atomic E-state index is -0.346. The maximum Gasteiger partial charge on any atom is 0.232 e. The van der Waals surface area contributed by atoms with Crippen LogP contribution in [0.25, 0.3) is 0 Å². The lowest BCUT2D eigenvalue weighted by atomic mass is 9.90. The number of hydrogen-bond donors (Lipinski definition) is 1. The molecule has 0 atom stereocenters. The summed E-state index contributed by atoms with van der Waals surface area (Å²) < 4.78 is 5.14. The Morgan fingerprint density at radius 3 is 2.09 bits per heavy atom. The molecule has 0 unspecified atom stereocenters. The zero-order valence-electron chi connectivity index (χ0n) is 12.9. The van der Waals surface area contributed by atoms with Gasteiger partial charge in [-0.2, -0.15) is 0 Å². The quantitative estimate of drug-likeness (QED) is 0.785. The van der Waals surface area contributed by atoms with Crippen LogP contribution in [0.15, 0.2) is 71.3 Å².